The average Bonchev–Trinajstić information content (AvgIpc) is 2.75. The predicted molar refractivity (Wildman–Crippen MR) is 96.9 cm³/mol. The van der Waals surface area contributed by atoms with Crippen LogP contribution < -0.4 is 0 Å². The van der Waals surface area contributed by atoms with Gasteiger partial charge in [-0.25, -0.2) is 4.79 Å². The molecule has 0 aromatic rings. The lowest BCUT2D eigenvalue weighted by Gasteiger charge is -2.33. The highest BCUT2D eigenvalue weighted by Gasteiger charge is 2.59. The number of alkyl halides is 1. The summed E-state index contributed by atoms with van der Waals surface area (Å²) in [4.78, 5) is 35.3. The molecule has 150 valence electrons. The first kappa shape index (κ1) is 21.4. The van der Waals surface area contributed by atoms with Gasteiger partial charge in [-0.15, -0.1) is 11.6 Å². The predicted octanol–water partition coefficient (Wildman–Crippen LogP) is 2.05. The summed E-state index contributed by atoms with van der Waals surface area (Å²) < 4.78 is 16.1. The number of ether oxygens (including phenoxy) is 3. The summed E-state index contributed by atoms with van der Waals surface area (Å²) in [5, 5.41) is 10.9. The lowest BCUT2D eigenvalue weighted by molar-refractivity contribution is -0.159. The third-order valence-corrected chi connectivity index (χ3v) is 5.11. The molecule has 1 saturated heterocycles. The van der Waals surface area contributed by atoms with E-state index in [1.54, 1.807) is 19.1 Å². The lowest BCUT2D eigenvalue weighted by Crippen LogP contribution is -2.50. The van der Waals surface area contributed by atoms with Crippen LogP contribution in [0.4, 0.5) is 0 Å². The molecule has 0 aromatic carbocycles. The highest BCUT2D eigenvalue weighted by Crippen LogP contribution is 2.40. The van der Waals surface area contributed by atoms with Crippen LogP contribution in [0.1, 0.15) is 40.5 Å². The van der Waals surface area contributed by atoms with Crippen LogP contribution in [0.5, 0.6) is 0 Å². The van der Waals surface area contributed by atoms with E-state index in [9.17, 15) is 19.5 Å². The molecule has 0 unspecified atom stereocenters. The fourth-order valence-electron chi connectivity index (χ4n) is 3.68. The molecule has 8 heteroatoms. The van der Waals surface area contributed by atoms with Crippen molar-refractivity contribution in [3.8, 4) is 0 Å². The Kier molecular flexibility index (Phi) is 6.70. The minimum Gasteiger partial charge on any atom is -0.462 e. The molecule has 0 aromatic heterocycles. The van der Waals surface area contributed by atoms with Crippen molar-refractivity contribution in [2.24, 2.45) is 5.92 Å². The third kappa shape index (κ3) is 4.90. The zero-order chi connectivity index (χ0) is 20.4. The Hall–Kier alpha value is -1.86. The average molecular weight is 401 g/mol. The van der Waals surface area contributed by atoms with Gasteiger partial charge in [0, 0.05) is 26.7 Å². The quantitative estimate of drug-likeness (QED) is 0.335. The van der Waals surface area contributed by atoms with Crippen LogP contribution in [0.3, 0.4) is 0 Å². The van der Waals surface area contributed by atoms with Gasteiger partial charge in [-0.1, -0.05) is 11.1 Å². The highest BCUT2D eigenvalue weighted by molar-refractivity contribution is 6.20. The summed E-state index contributed by atoms with van der Waals surface area (Å²) in [5.41, 5.74) is -0.370. The first-order valence-electron chi connectivity index (χ1n) is 8.75. The molecule has 0 spiro atoms. The van der Waals surface area contributed by atoms with E-state index < -0.39 is 47.7 Å². The van der Waals surface area contributed by atoms with Gasteiger partial charge in [-0.3, -0.25) is 9.59 Å². The number of fused-ring (bicyclic) bond motifs is 1. The maximum absolute atomic E-state index is 12.3. The second-order valence-electron chi connectivity index (χ2n) is 7.18. The second kappa shape index (κ2) is 8.44. The highest BCUT2D eigenvalue weighted by atomic mass is 35.5. The van der Waals surface area contributed by atoms with Crippen LogP contribution in [-0.2, 0) is 28.6 Å². The number of carbonyl (C=O) groups excluding carboxylic acids is 3. The van der Waals surface area contributed by atoms with Crippen molar-refractivity contribution < 1.29 is 33.7 Å². The standard InChI is InChI=1S/C19H25ClO7/c1-10-5-14(25-12(3)21)6-11(2)8-16-17(15(7-10)26-13(4)22)19(24,9-20)18(23)27-16/h5,8,14-17,24H,6-7,9H2,1-4H3/b10-5+,11-8+/t14-,15+,16+,17+,19-/m0/s1. The molecule has 2 rings (SSSR count). The molecule has 1 fully saturated rings. The second-order valence-corrected chi connectivity index (χ2v) is 7.45. The number of esters is 3. The molecular weight excluding hydrogens is 376 g/mol. The van der Waals surface area contributed by atoms with E-state index in [0.29, 0.717) is 6.42 Å². The first-order valence-corrected chi connectivity index (χ1v) is 9.28. The van der Waals surface area contributed by atoms with E-state index >= 15 is 0 Å². The van der Waals surface area contributed by atoms with E-state index in [0.717, 1.165) is 11.1 Å². The van der Waals surface area contributed by atoms with E-state index in [1.807, 2.05) is 6.92 Å². The topological polar surface area (TPSA) is 99.1 Å². The van der Waals surface area contributed by atoms with Crippen molar-refractivity contribution in [3.63, 3.8) is 0 Å². The third-order valence-electron chi connectivity index (χ3n) is 4.71. The zero-order valence-corrected chi connectivity index (χ0v) is 16.6. The van der Waals surface area contributed by atoms with Gasteiger partial charge in [0.05, 0.1) is 11.8 Å². The van der Waals surface area contributed by atoms with Gasteiger partial charge in [-0.2, -0.15) is 0 Å². The number of hydrogen-bond acceptors (Lipinski definition) is 7. The van der Waals surface area contributed by atoms with Gasteiger partial charge in [0.2, 0.25) is 0 Å². The summed E-state index contributed by atoms with van der Waals surface area (Å²) in [6.07, 6.45) is 1.99. The van der Waals surface area contributed by atoms with Gasteiger partial charge < -0.3 is 19.3 Å². The van der Waals surface area contributed by atoms with E-state index in [-0.39, 0.29) is 12.3 Å². The van der Waals surface area contributed by atoms with E-state index in [1.165, 1.54) is 13.8 Å². The van der Waals surface area contributed by atoms with Crippen LogP contribution >= 0.6 is 11.6 Å². The smallest absolute Gasteiger partial charge is 0.340 e. The molecule has 1 N–H and O–H groups in total. The Bertz CT molecular complexity index is 684. The number of carbonyl (C=O) groups is 3. The molecule has 1 heterocycles. The largest absolute Gasteiger partial charge is 0.462 e. The molecule has 27 heavy (non-hydrogen) atoms. The lowest BCUT2D eigenvalue weighted by atomic mass is 9.79. The molecule has 0 radical (unpaired) electrons. The number of aliphatic hydroxyl groups is 1. The molecule has 0 saturated carbocycles. The maximum atomic E-state index is 12.3. The van der Waals surface area contributed by atoms with Crippen molar-refractivity contribution in [3.05, 3.63) is 23.3 Å². The van der Waals surface area contributed by atoms with Gasteiger partial charge in [-0.05, 0) is 26.0 Å². The normalized spacial score (nSPS) is 37.8. The Balaban J connectivity index is 2.50. The Morgan fingerprint density at radius 3 is 2.33 bits per heavy atom. The molecule has 7 nitrogen and oxygen atoms in total. The molecule has 0 bridgehead atoms. The molecule has 1 aliphatic carbocycles. The fraction of sp³-hybridized carbons (Fsp3) is 0.632. The fourth-order valence-corrected chi connectivity index (χ4v) is 3.97. The number of hydrogen-bond donors (Lipinski definition) is 1. The van der Waals surface area contributed by atoms with Crippen LogP contribution in [0.2, 0.25) is 0 Å². The van der Waals surface area contributed by atoms with Gasteiger partial charge in [0.1, 0.15) is 18.3 Å². The number of rotatable bonds is 3. The van der Waals surface area contributed by atoms with Crippen molar-refractivity contribution in [2.75, 3.05) is 5.88 Å². The van der Waals surface area contributed by atoms with Gasteiger partial charge in [0.15, 0.2) is 5.60 Å². The van der Waals surface area contributed by atoms with Crippen molar-refractivity contribution in [1.82, 2.24) is 0 Å². The Morgan fingerprint density at radius 1 is 1.19 bits per heavy atom. The molecule has 1 aliphatic heterocycles. The Morgan fingerprint density at radius 2 is 1.78 bits per heavy atom. The van der Waals surface area contributed by atoms with Gasteiger partial charge >= 0.3 is 17.9 Å². The summed E-state index contributed by atoms with van der Waals surface area (Å²) in [5.74, 6) is -3.03. The van der Waals surface area contributed by atoms with Crippen molar-refractivity contribution in [2.45, 2.75) is 64.4 Å². The van der Waals surface area contributed by atoms with Crippen LogP contribution in [0, 0.1) is 5.92 Å². The Labute approximate surface area is 163 Å². The van der Waals surface area contributed by atoms with Crippen LogP contribution in [0.25, 0.3) is 0 Å². The van der Waals surface area contributed by atoms with Crippen molar-refractivity contribution >= 4 is 29.5 Å². The summed E-state index contributed by atoms with van der Waals surface area (Å²) >= 11 is 5.90. The molecule has 5 atom stereocenters. The monoisotopic (exact) mass is 400 g/mol. The minimum absolute atomic E-state index is 0.237. The van der Waals surface area contributed by atoms with E-state index in [2.05, 4.69) is 0 Å². The van der Waals surface area contributed by atoms with Crippen molar-refractivity contribution in [1.29, 1.82) is 0 Å². The summed E-state index contributed by atoms with van der Waals surface area (Å²) in [6, 6.07) is 0. The molecule has 2 aliphatic rings. The summed E-state index contributed by atoms with van der Waals surface area (Å²) in [7, 11) is 0. The first-order chi connectivity index (χ1) is 12.6. The number of halogens is 1. The molecular formula is C19H25ClO7. The zero-order valence-electron chi connectivity index (χ0n) is 15.9. The van der Waals surface area contributed by atoms with E-state index in [4.69, 9.17) is 25.8 Å². The van der Waals surface area contributed by atoms with Gasteiger partial charge in [0.25, 0.3) is 0 Å². The summed E-state index contributed by atoms with van der Waals surface area (Å²) in [6.45, 7) is 6.20. The maximum Gasteiger partial charge on any atom is 0.340 e. The van der Waals surface area contributed by atoms with Crippen LogP contribution in [-0.4, -0.2) is 52.8 Å². The minimum atomic E-state index is -1.96. The molecule has 0 amide bonds. The van der Waals surface area contributed by atoms with Crippen LogP contribution in [0.15, 0.2) is 23.3 Å². The SMILES string of the molecule is CC(=O)O[C@H]1/C=C(\C)C[C@@H](OC(C)=O)[C@@H]2[C@@H](/C=C(\C)C1)OC(=O)[C@]2(O)CCl.